The Morgan fingerprint density at radius 2 is 2.11 bits per heavy atom. The van der Waals surface area contributed by atoms with Crippen molar-refractivity contribution in [3.8, 4) is 5.75 Å². The number of hydrogen-bond donors (Lipinski definition) is 1. The second kappa shape index (κ2) is 5.96. The van der Waals surface area contributed by atoms with Crippen molar-refractivity contribution in [2.45, 2.75) is 57.9 Å². The van der Waals surface area contributed by atoms with E-state index in [4.69, 9.17) is 10.5 Å². The van der Waals surface area contributed by atoms with E-state index in [0.717, 1.165) is 24.5 Å². The van der Waals surface area contributed by atoms with Crippen LogP contribution in [0.4, 0.5) is 0 Å². The predicted molar refractivity (Wildman–Crippen MR) is 80.5 cm³/mol. The Morgan fingerprint density at radius 1 is 1.32 bits per heavy atom. The number of methoxy groups -OCH3 is 1. The minimum absolute atomic E-state index is 0.139. The summed E-state index contributed by atoms with van der Waals surface area (Å²) >= 11 is 0. The van der Waals surface area contributed by atoms with E-state index in [-0.39, 0.29) is 5.54 Å². The molecule has 2 heteroatoms. The van der Waals surface area contributed by atoms with Crippen LogP contribution in [0.15, 0.2) is 18.2 Å². The van der Waals surface area contributed by atoms with Crippen molar-refractivity contribution in [1.82, 2.24) is 0 Å². The van der Waals surface area contributed by atoms with Crippen LogP contribution < -0.4 is 10.5 Å². The molecule has 106 valence electrons. The molecule has 0 amide bonds. The summed E-state index contributed by atoms with van der Waals surface area (Å²) in [6.07, 6.45) is 7.36. The topological polar surface area (TPSA) is 35.2 Å². The molecule has 2 unspecified atom stereocenters. The number of nitrogens with two attached hydrogens (primary N) is 1. The molecule has 1 aliphatic carbocycles. The SMILES string of the molecule is CCC1CCCC(N)(c2ccc(OC)cc2C)CC1. The smallest absolute Gasteiger partial charge is 0.119 e. The molecule has 0 bridgehead atoms. The number of hydrogen-bond acceptors (Lipinski definition) is 2. The summed E-state index contributed by atoms with van der Waals surface area (Å²) in [6, 6.07) is 6.31. The van der Waals surface area contributed by atoms with E-state index in [1.54, 1.807) is 7.11 Å². The lowest BCUT2D eigenvalue weighted by molar-refractivity contribution is 0.368. The third-order valence-electron chi connectivity index (χ3n) is 4.78. The van der Waals surface area contributed by atoms with Crippen molar-refractivity contribution >= 4 is 0 Å². The predicted octanol–water partition coefficient (Wildman–Crippen LogP) is 4.15. The fraction of sp³-hybridized carbons (Fsp3) is 0.647. The highest BCUT2D eigenvalue weighted by Crippen LogP contribution is 2.38. The van der Waals surface area contributed by atoms with Crippen LogP contribution in [0.1, 0.15) is 56.6 Å². The summed E-state index contributed by atoms with van der Waals surface area (Å²) in [5.41, 5.74) is 9.18. The number of benzene rings is 1. The monoisotopic (exact) mass is 261 g/mol. The van der Waals surface area contributed by atoms with Crippen molar-refractivity contribution < 1.29 is 4.74 Å². The Morgan fingerprint density at radius 3 is 2.74 bits per heavy atom. The normalized spacial score (nSPS) is 27.9. The molecule has 1 aromatic rings. The molecule has 0 radical (unpaired) electrons. The molecular weight excluding hydrogens is 234 g/mol. The summed E-state index contributed by atoms with van der Waals surface area (Å²) in [5.74, 6) is 1.79. The largest absolute Gasteiger partial charge is 0.497 e. The molecule has 2 nitrogen and oxygen atoms in total. The number of rotatable bonds is 3. The maximum absolute atomic E-state index is 6.75. The fourth-order valence-electron chi connectivity index (χ4n) is 3.44. The van der Waals surface area contributed by atoms with Crippen LogP contribution in [0.2, 0.25) is 0 Å². The minimum atomic E-state index is -0.139. The maximum Gasteiger partial charge on any atom is 0.119 e. The highest BCUT2D eigenvalue weighted by molar-refractivity contribution is 5.39. The summed E-state index contributed by atoms with van der Waals surface area (Å²) in [7, 11) is 1.71. The van der Waals surface area contributed by atoms with Gasteiger partial charge in [0, 0.05) is 5.54 Å². The molecule has 0 saturated heterocycles. The van der Waals surface area contributed by atoms with Gasteiger partial charge in [-0.15, -0.1) is 0 Å². The van der Waals surface area contributed by atoms with Gasteiger partial charge in [-0.25, -0.2) is 0 Å². The van der Waals surface area contributed by atoms with Crippen LogP contribution in [0.25, 0.3) is 0 Å². The Kier molecular flexibility index (Phi) is 4.51. The average molecular weight is 261 g/mol. The van der Waals surface area contributed by atoms with Gasteiger partial charge < -0.3 is 10.5 Å². The van der Waals surface area contributed by atoms with Crippen LogP contribution in [0.3, 0.4) is 0 Å². The molecule has 2 atom stereocenters. The first kappa shape index (κ1) is 14.4. The molecule has 1 aliphatic rings. The third-order valence-corrected chi connectivity index (χ3v) is 4.78. The van der Waals surface area contributed by atoms with Gasteiger partial charge in [0.25, 0.3) is 0 Å². The zero-order chi connectivity index (χ0) is 13.9. The molecule has 19 heavy (non-hydrogen) atoms. The van der Waals surface area contributed by atoms with E-state index in [1.807, 2.05) is 6.07 Å². The zero-order valence-corrected chi connectivity index (χ0v) is 12.5. The first-order valence-corrected chi connectivity index (χ1v) is 7.53. The van der Waals surface area contributed by atoms with Crippen LogP contribution in [0, 0.1) is 12.8 Å². The summed E-state index contributed by atoms with van der Waals surface area (Å²) in [6.45, 7) is 4.45. The maximum atomic E-state index is 6.75. The molecule has 2 N–H and O–H groups in total. The van der Waals surface area contributed by atoms with E-state index in [1.165, 1.54) is 36.8 Å². The summed E-state index contributed by atoms with van der Waals surface area (Å²) < 4.78 is 5.29. The van der Waals surface area contributed by atoms with Crippen molar-refractivity contribution in [1.29, 1.82) is 0 Å². The van der Waals surface area contributed by atoms with E-state index < -0.39 is 0 Å². The third kappa shape index (κ3) is 3.11. The zero-order valence-electron chi connectivity index (χ0n) is 12.5. The van der Waals surface area contributed by atoms with Crippen molar-refractivity contribution in [3.05, 3.63) is 29.3 Å². The van der Waals surface area contributed by atoms with Crippen LogP contribution in [-0.4, -0.2) is 7.11 Å². The van der Waals surface area contributed by atoms with Crippen molar-refractivity contribution in [2.24, 2.45) is 11.7 Å². The first-order valence-electron chi connectivity index (χ1n) is 7.53. The van der Waals surface area contributed by atoms with Gasteiger partial charge in [0.15, 0.2) is 0 Å². The van der Waals surface area contributed by atoms with Crippen LogP contribution in [0.5, 0.6) is 5.75 Å². The van der Waals surface area contributed by atoms with E-state index in [9.17, 15) is 0 Å². The highest BCUT2D eigenvalue weighted by Gasteiger charge is 2.31. The van der Waals surface area contributed by atoms with Crippen LogP contribution >= 0.6 is 0 Å². The highest BCUT2D eigenvalue weighted by atomic mass is 16.5. The molecule has 1 saturated carbocycles. The molecular formula is C17H27NO. The van der Waals surface area contributed by atoms with Gasteiger partial charge in [-0.2, -0.15) is 0 Å². The molecule has 2 rings (SSSR count). The van der Waals surface area contributed by atoms with Crippen molar-refractivity contribution in [3.63, 3.8) is 0 Å². The van der Waals surface area contributed by atoms with Crippen LogP contribution in [-0.2, 0) is 5.54 Å². The second-order valence-corrected chi connectivity index (χ2v) is 6.04. The molecule has 1 aromatic carbocycles. The average Bonchev–Trinajstić information content (AvgIpc) is 2.61. The lowest BCUT2D eigenvalue weighted by Crippen LogP contribution is -2.36. The van der Waals surface area contributed by atoms with Gasteiger partial charge >= 0.3 is 0 Å². The summed E-state index contributed by atoms with van der Waals surface area (Å²) in [5, 5.41) is 0. The molecule has 0 aliphatic heterocycles. The lowest BCUT2D eigenvalue weighted by atomic mass is 9.81. The van der Waals surface area contributed by atoms with Crippen molar-refractivity contribution in [2.75, 3.05) is 7.11 Å². The van der Waals surface area contributed by atoms with Gasteiger partial charge in [-0.1, -0.05) is 32.3 Å². The second-order valence-electron chi connectivity index (χ2n) is 6.04. The lowest BCUT2D eigenvalue weighted by Gasteiger charge is -2.30. The van der Waals surface area contributed by atoms with E-state index in [0.29, 0.717) is 0 Å². The molecule has 0 spiro atoms. The minimum Gasteiger partial charge on any atom is -0.497 e. The van der Waals surface area contributed by atoms with Gasteiger partial charge in [0.2, 0.25) is 0 Å². The standard InChI is InChI=1S/C17H27NO/c1-4-14-6-5-10-17(18,11-9-14)16-8-7-15(19-3)12-13(16)2/h7-8,12,14H,4-6,9-11,18H2,1-3H3. The molecule has 0 aromatic heterocycles. The Bertz CT molecular complexity index is 429. The first-order chi connectivity index (χ1) is 9.09. The molecule has 0 heterocycles. The number of aryl methyl sites for hydroxylation is 1. The van der Waals surface area contributed by atoms with E-state index >= 15 is 0 Å². The van der Waals surface area contributed by atoms with Gasteiger partial charge in [0.1, 0.15) is 5.75 Å². The molecule has 1 fully saturated rings. The summed E-state index contributed by atoms with van der Waals surface area (Å²) in [4.78, 5) is 0. The van der Waals surface area contributed by atoms with Gasteiger partial charge in [0.05, 0.1) is 7.11 Å². The van der Waals surface area contributed by atoms with E-state index in [2.05, 4.69) is 26.0 Å². The van der Waals surface area contributed by atoms with Gasteiger partial charge in [-0.3, -0.25) is 0 Å². The Balaban J connectivity index is 2.24. The van der Waals surface area contributed by atoms with Gasteiger partial charge in [-0.05, 0) is 55.4 Å². The quantitative estimate of drug-likeness (QED) is 0.830. The Hall–Kier alpha value is -1.02. The fourth-order valence-corrected chi connectivity index (χ4v) is 3.44. The Labute approximate surface area is 117 Å². The number of ether oxygens (including phenoxy) is 1.